The predicted molar refractivity (Wildman–Crippen MR) is 66.1 cm³/mol. The normalized spacial score (nSPS) is 14.6. The van der Waals surface area contributed by atoms with Gasteiger partial charge in [-0.2, -0.15) is 0 Å². The standard InChI is InChI=1S/C12H18N2S/c1-6-11(7-2)14-9(4)12-8(3)13-10(5)15-12/h1,9,11,14H,7H2,2-5H3. The number of nitrogens with zero attached hydrogens (tertiary/aromatic N) is 1. The van der Waals surface area contributed by atoms with Gasteiger partial charge in [0.25, 0.3) is 0 Å². The fourth-order valence-corrected chi connectivity index (χ4v) is 2.55. The van der Waals surface area contributed by atoms with Crippen LogP contribution in [0.4, 0.5) is 0 Å². The van der Waals surface area contributed by atoms with Crippen LogP contribution in [0.25, 0.3) is 0 Å². The Morgan fingerprint density at radius 1 is 1.53 bits per heavy atom. The van der Waals surface area contributed by atoms with E-state index in [0.29, 0.717) is 0 Å². The number of nitrogens with one attached hydrogen (secondary N) is 1. The molecule has 82 valence electrons. The highest BCUT2D eigenvalue weighted by atomic mass is 32.1. The Morgan fingerprint density at radius 3 is 2.60 bits per heavy atom. The van der Waals surface area contributed by atoms with Crippen LogP contribution in [0.15, 0.2) is 0 Å². The molecule has 0 amide bonds. The number of hydrogen-bond donors (Lipinski definition) is 1. The van der Waals surface area contributed by atoms with E-state index < -0.39 is 0 Å². The molecule has 2 unspecified atom stereocenters. The highest BCUT2D eigenvalue weighted by molar-refractivity contribution is 7.11. The topological polar surface area (TPSA) is 24.9 Å². The zero-order valence-corrected chi connectivity index (χ0v) is 10.6. The lowest BCUT2D eigenvalue weighted by Gasteiger charge is -2.17. The van der Waals surface area contributed by atoms with Crippen molar-refractivity contribution in [1.82, 2.24) is 10.3 Å². The second-order valence-electron chi connectivity index (χ2n) is 3.70. The third-order valence-electron chi connectivity index (χ3n) is 2.39. The minimum absolute atomic E-state index is 0.154. The number of aryl methyl sites for hydroxylation is 2. The summed E-state index contributed by atoms with van der Waals surface area (Å²) in [6.45, 7) is 8.31. The Hall–Kier alpha value is -0.850. The first kappa shape index (κ1) is 12.2. The minimum atomic E-state index is 0.154. The average molecular weight is 222 g/mol. The summed E-state index contributed by atoms with van der Waals surface area (Å²) in [4.78, 5) is 5.71. The quantitative estimate of drug-likeness (QED) is 0.792. The minimum Gasteiger partial charge on any atom is -0.296 e. The summed E-state index contributed by atoms with van der Waals surface area (Å²) in [6.07, 6.45) is 6.38. The van der Waals surface area contributed by atoms with Gasteiger partial charge in [0.05, 0.1) is 16.7 Å². The highest BCUT2D eigenvalue weighted by Crippen LogP contribution is 2.24. The number of aromatic nitrogens is 1. The van der Waals surface area contributed by atoms with Crippen molar-refractivity contribution in [1.29, 1.82) is 0 Å². The van der Waals surface area contributed by atoms with Gasteiger partial charge in [0.15, 0.2) is 0 Å². The maximum Gasteiger partial charge on any atom is 0.0900 e. The molecule has 2 nitrogen and oxygen atoms in total. The van der Waals surface area contributed by atoms with Crippen molar-refractivity contribution >= 4 is 11.3 Å². The van der Waals surface area contributed by atoms with Gasteiger partial charge in [0.2, 0.25) is 0 Å². The maximum atomic E-state index is 5.43. The van der Waals surface area contributed by atoms with Gasteiger partial charge >= 0.3 is 0 Å². The van der Waals surface area contributed by atoms with Crippen LogP contribution < -0.4 is 5.32 Å². The molecule has 0 bridgehead atoms. The van der Waals surface area contributed by atoms with E-state index in [-0.39, 0.29) is 12.1 Å². The summed E-state index contributed by atoms with van der Waals surface area (Å²) in [6, 6.07) is 0.444. The lowest BCUT2D eigenvalue weighted by Crippen LogP contribution is -2.29. The van der Waals surface area contributed by atoms with Crippen molar-refractivity contribution in [2.45, 2.75) is 46.2 Å². The molecule has 2 atom stereocenters. The Kier molecular flexibility index (Phi) is 4.31. The Balaban J connectivity index is 2.73. The average Bonchev–Trinajstić information content (AvgIpc) is 2.54. The molecule has 0 aliphatic carbocycles. The van der Waals surface area contributed by atoms with Crippen molar-refractivity contribution in [3.63, 3.8) is 0 Å². The molecule has 1 aromatic heterocycles. The van der Waals surface area contributed by atoms with E-state index in [2.05, 4.69) is 30.1 Å². The van der Waals surface area contributed by atoms with Crippen molar-refractivity contribution < 1.29 is 0 Å². The van der Waals surface area contributed by atoms with E-state index in [1.807, 2.05) is 13.8 Å². The summed E-state index contributed by atoms with van der Waals surface area (Å²) in [5.74, 6) is 2.75. The molecule has 3 heteroatoms. The molecule has 0 saturated carbocycles. The first-order valence-corrected chi connectivity index (χ1v) is 6.06. The van der Waals surface area contributed by atoms with Crippen LogP contribution in [0, 0.1) is 26.2 Å². The fraction of sp³-hybridized carbons (Fsp3) is 0.583. The van der Waals surface area contributed by atoms with Crippen LogP contribution in [-0.4, -0.2) is 11.0 Å². The largest absolute Gasteiger partial charge is 0.296 e. The fourth-order valence-electron chi connectivity index (χ4n) is 1.61. The molecule has 0 aliphatic heterocycles. The van der Waals surface area contributed by atoms with Gasteiger partial charge in [-0.15, -0.1) is 17.8 Å². The molecule has 0 radical (unpaired) electrons. The van der Waals surface area contributed by atoms with Crippen LogP contribution in [0.5, 0.6) is 0 Å². The lowest BCUT2D eigenvalue weighted by molar-refractivity contribution is 0.515. The Morgan fingerprint density at radius 2 is 2.20 bits per heavy atom. The van der Waals surface area contributed by atoms with E-state index in [1.165, 1.54) is 4.88 Å². The summed E-state index contributed by atoms with van der Waals surface area (Å²) >= 11 is 1.74. The van der Waals surface area contributed by atoms with Crippen LogP contribution in [0.2, 0.25) is 0 Å². The first-order valence-electron chi connectivity index (χ1n) is 5.24. The van der Waals surface area contributed by atoms with Crippen molar-refractivity contribution in [3.8, 4) is 12.3 Å². The van der Waals surface area contributed by atoms with Gasteiger partial charge in [-0.25, -0.2) is 4.98 Å². The maximum absolute atomic E-state index is 5.43. The number of rotatable bonds is 4. The van der Waals surface area contributed by atoms with Gasteiger partial charge < -0.3 is 0 Å². The van der Waals surface area contributed by atoms with Crippen LogP contribution in [0.3, 0.4) is 0 Å². The number of hydrogen-bond acceptors (Lipinski definition) is 3. The Labute approximate surface area is 96.1 Å². The van der Waals surface area contributed by atoms with Gasteiger partial charge in [0, 0.05) is 10.9 Å². The molecule has 0 fully saturated rings. The summed E-state index contributed by atoms with van der Waals surface area (Å²) in [5, 5.41) is 4.54. The molecule has 0 spiro atoms. The van der Waals surface area contributed by atoms with Crippen LogP contribution in [0.1, 0.15) is 41.9 Å². The van der Waals surface area contributed by atoms with Crippen LogP contribution in [-0.2, 0) is 0 Å². The zero-order valence-electron chi connectivity index (χ0n) is 9.79. The van der Waals surface area contributed by atoms with Gasteiger partial charge in [-0.1, -0.05) is 12.8 Å². The van der Waals surface area contributed by atoms with Gasteiger partial charge in [-0.05, 0) is 27.2 Å². The Bertz CT molecular complexity index is 362. The number of terminal acetylenes is 1. The number of thiazole rings is 1. The van der Waals surface area contributed by atoms with Crippen molar-refractivity contribution in [2.24, 2.45) is 0 Å². The highest BCUT2D eigenvalue weighted by Gasteiger charge is 2.14. The van der Waals surface area contributed by atoms with Gasteiger partial charge in [-0.3, -0.25) is 5.32 Å². The third-order valence-corrected chi connectivity index (χ3v) is 3.65. The van der Waals surface area contributed by atoms with Crippen molar-refractivity contribution in [2.75, 3.05) is 0 Å². The predicted octanol–water partition coefficient (Wildman–Crippen LogP) is 2.82. The smallest absolute Gasteiger partial charge is 0.0900 e. The molecule has 1 rings (SSSR count). The molecular weight excluding hydrogens is 204 g/mol. The molecule has 1 heterocycles. The molecular formula is C12H18N2S. The first-order chi connectivity index (χ1) is 7.08. The second kappa shape index (κ2) is 5.29. The summed E-state index contributed by atoms with van der Waals surface area (Å²) in [7, 11) is 0. The SMILES string of the molecule is C#CC(CC)NC(C)c1sc(C)nc1C. The van der Waals surface area contributed by atoms with Gasteiger partial charge in [0.1, 0.15) is 0 Å². The van der Waals surface area contributed by atoms with E-state index in [4.69, 9.17) is 6.42 Å². The molecule has 0 saturated heterocycles. The zero-order chi connectivity index (χ0) is 11.4. The monoisotopic (exact) mass is 222 g/mol. The van der Waals surface area contributed by atoms with Crippen LogP contribution >= 0.6 is 11.3 Å². The molecule has 1 N–H and O–H groups in total. The summed E-state index contributed by atoms with van der Waals surface area (Å²) < 4.78 is 0. The van der Waals surface area contributed by atoms with E-state index in [9.17, 15) is 0 Å². The molecule has 1 aromatic rings. The van der Waals surface area contributed by atoms with E-state index in [0.717, 1.165) is 17.1 Å². The lowest BCUT2D eigenvalue weighted by atomic mass is 10.1. The third kappa shape index (κ3) is 3.05. The summed E-state index contributed by atoms with van der Waals surface area (Å²) in [5.41, 5.74) is 1.12. The second-order valence-corrected chi connectivity index (χ2v) is 4.93. The molecule has 15 heavy (non-hydrogen) atoms. The van der Waals surface area contributed by atoms with E-state index in [1.54, 1.807) is 11.3 Å². The molecule has 0 aromatic carbocycles. The molecule has 0 aliphatic rings. The van der Waals surface area contributed by atoms with Crippen molar-refractivity contribution in [3.05, 3.63) is 15.6 Å². The van der Waals surface area contributed by atoms with E-state index >= 15 is 0 Å².